The summed E-state index contributed by atoms with van der Waals surface area (Å²) in [6.45, 7) is 5.15. The van der Waals surface area contributed by atoms with E-state index in [9.17, 15) is 9.59 Å². The summed E-state index contributed by atoms with van der Waals surface area (Å²) in [5.41, 5.74) is 1.14. The van der Waals surface area contributed by atoms with E-state index in [2.05, 4.69) is 20.9 Å². The van der Waals surface area contributed by atoms with Gasteiger partial charge in [-0.3, -0.25) is 4.79 Å². The lowest BCUT2D eigenvalue weighted by atomic mass is 10.1. The Morgan fingerprint density at radius 2 is 1.86 bits per heavy atom. The molecule has 1 aromatic carbocycles. The number of hydrogen-bond acceptors (Lipinski definition) is 5. The van der Waals surface area contributed by atoms with E-state index in [0.29, 0.717) is 16.1 Å². The van der Waals surface area contributed by atoms with Crippen LogP contribution in [0.25, 0.3) is 0 Å². The Labute approximate surface area is 135 Å². The third-order valence-electron chi connectivity index (χ3n) is 2.87. The van der Waals surface area contributed by atoms with E-state index in [1.807, 2.05) is 6.92 Å². The molecule has 0 spiro atoms. The lowest BCUT2D eigenvalue weighted by Crippen LogP contribution is -2.24. The van der Waals surface area contributed by atoms with Crippen molar-refractivity contribution in [2.75, 3.05) is 0 Å². The molecule has 0 aliphatic heterocycles. The zero-order valence-electron chi connectivity index (χ0n) is 11.8. The second-order valence-electron chi connectivity index (χ2n) is 4.57. The average Bonchev–Trinajstić information content (AvgIpc) is 2.77. The van der Waals surface area contributed by atoms with Crippen LogP contribution < -0.4 is 0 Å². The summed E-state index contributed by atoms with van der Waals surface area (Å²) >= 11 is 4.58. The number of benzene rings is 1. The highest BCUT2D eigenvalue weighted by atomic mass is 79.9. The molecule has 110 valence electrons. The molecule has 0 aliphatic carbocycles. The summed E-state index contributed by atoms with van der Waals surface area (Å²) in [6, 6.07) is 6.94. The third kappa shape index (κ3) is 3.77. The molecule has 0 saturated heterocycles. The zero-order valence-corrected chi connectivity index (χ0v) is 14.2. The van der Waals surface area contributed by atoms with Crippen LogP contribution in [-0.4, -0.2) is 22.8 Å². The molecule has 0 aliphatic rings. The van der Waals surface area contributed by atoms with Gasteiger partial charge in [0.2, 0.25) is 5.78 Å². The van der Waals surface area contributed by atoms with Gasteiger partial charge in [0.15, 0.2) is 6.10 Å². The molecule has 2 rings (SSSR count). The summed E-state index contributed by atoms with van der Waals surface area (Å²) in [7, 11) is 0. The second kappa shape index (κ2) is 6.49. The smallest absolute Gasteiger partial charge is 0.350 e. The maximum absolute atomic E-state index is 12.2. The highest BCUT2D eigenvalue weighted by molar-refractivity contribution is 9.10. The quantitative estimate of drug-likeness (QED) is 0.606. The van der Waals surface area contributed by atoms with Crippen LogP contribution in [0, 0.1) is 13.8 Å². The van der Waals surface area contributed by atoms with Gasteiger partial charge >= 0.3 is 5.97 Å². The number of rotatable bonds is 4. The molecule has 0 fully saturated rings. The number of esters is 1. The number of Topliss-reactive ketones (excluding diaryl/α,β-unsaturated/α-hetero) is 1. The molecule has 0 unspecified atom stereocenters. The molecule has 0 amide bonds. The normalized spacial score (nSPS) is 12.0. The number of halogens is 1. The van der Waals surface area contributed by atoms with Gasteiger partial charge in [0, 0.05) is 10.0 Å². The second-order valence-corrected chi connectivity index (χ2v) is 6.68. The van der Waals surface area contributed by atoms with Crippen molar-refractivity contribution in [2.24, 2.45) is 0 Å². The fourth-order valence-corrected chi connectivity index (χ4v) is 2.90. The predicted octanol–water partition coefficient (Wildman–Crippen LogP) is 3.95. The number of nitrogens with zero attached hydrogens (tertiary/aromatic N) is 1. The van der Waals surface area contributed by atoms with Gasteiger partial charge in [-0.15, -0.1) is 11.3 Å². The fraction of sp³-hybridized carbons (Fsp3) is 0.267. The monoisotopic (exact) mass is 367 g/mol. The van der Waals surface area contributed by atoms with Gasteiger partial charge < -0.3 is 4.74 Å². The maximum Gasteiger partial charge on any atom is 0.350 e. The average molecular weight is 368 g/mol. The highest BCUT2D eigenvalue weighted by Gasteiger charge is 2.23. The Morgan fingerprint density at radius 1 is 1.24 bits per heavy atom. The topological polar surface area (TPSA) is 56.3 Å². The number of ether oxygens (including phenoxy) is 1. The first-order valence-electron chi connectivity index (χ1n) is 6.33. The van der Waals surface area contributed by atoms with E-state index < -0.39 is 12.1 Å². The number of aryl methyl sites for hydroxylation is 2. The molecule has 0 bridgehead atoms. The fourth-order valence-electron chi connectivity index (χ4n) is 1.84. The van der Waals surface area contributed by atoms with Gasteiger partial charge in [0.1, 0.15) is 4.88 Å². The first-order chi connectivity index (χ1) is 9.88. The van der Waals surface area contributed by atoms with E-state index in [4.69, 9.17) is 4.74 Å². The highest BCUT2D eigenvalue weighted by Crippen LogP contribution is 2.20. The SMILES string of the molecule is Cc1nc(C)c(C(=O)O[C@@H](C)C(=O)c2ccc(Br)cc2)s1. The lowest BCUT2D eigenvalue weighted by molar-refractivity contribution is 0.0322. The summed E-state index contributed by atoms with van der Waals surface area (Å²) in [6.07, 6.45) is -0.833. The molecule has 0 N–H and O–H groups in total. The Kier molecular flexibility index (Phi) is 4.90. The van der Waals surface area contributed by atoms with Crippen molar-refractivity contribution in [3.8, 4) is 0 Å². The van der Waals surface area contributed by atoms with Gasteiger partial charge in [-0.1, -0.05) is 28.1 Å². The van der Waals surface area contributed by atoms with Gasteiger partial charge in [-0.05, 0) is 32.9 Å². The Hall–Kier alpha value is -1.53. The van der Waals surface area contributed by atoms with Crippen molar-refractivity contribution in [1.29, 1.82) is 0 Å². The maximum atomic E-state index is 12.2. The van der Waals surface area contributed by atoms with Gasteiger partial charge in [-0.2, -0.15) is 0 Å². The lowest BCUT2D eigenvalue weighted by Gasteiger charge is -2.11. The first-order valence-corrected chi connectivity index (χ1v) is 7.94. The predicted molar refractivity (Wildman–Crippen MR) is 84.9 cm³/mol. The zero-order chi connectivity index (χ0) is 15.6. The largest absolute Gasteiger partial charge is 0.450 e. The van der Waals surface area contributed by atoms with Crippen LogP contribution in [0.2, 0.25) is 0 Å². The molecule has 21 heavy (non-hydrogen) atoms. The van der Waals surface area contributed by atoms with Crippen LogP contribution in [-0.2, 0) is 4.74 Å². The molecule has 0 radical (unpaired) electrons. The molecule has 0 saturated carbocycles. The summed E-state index contributed by atoms with van der Waals surface area (Å²) in [5, 5.41) is 0.798. The molecular weight excluding hydrogens is 354 g/mol. The number of aromatic nitrogens is 1. The van der Waals surface area contributed by atoms with E-state index in [0.717, 1.165) is 9.48 Å². The van der Waals surface area contributed by atoms with Gasteiger partial charge in [0.25, 0.3) is 0 Å². The minimum absolute atomic E-state index is 0.227. The van der Waals surface area contributed by atoms with Crippen LogP contribution in [0.5, 0.6) is 0 Å². The Balaban J connectivity index is 2.08. The molecule has 1 heterocycles. The number of carbonyl (C=O) groups is 2. The molecule has 2 aromatic rings. The van der Waals surface area contributed by atoms with E-state index >= 15 is 0 Å². The number of carbonyl (C=O) groups excluding carboxylic acids is 2. The van der Waals surface area contributed by atoms with E-state index in [1.165, 1.54) is 11.3 Å². The van der Waals surface area contributed by atoms with Crippen molar-refractivity contribution in [3.05, 3.63) is 49.9 Å². The van der Waals surface area contributed by atoms with Crippen molar-refractivity contribution in [2.45, 2.75) is 26.9 Å². The Bertz CT molecular complexity index is 679. The van der Waals surface area contributed by atoms with Crippen LogP contribution in [0.3, 0.4) is 0 Å². The van der Waals surface area contributed by atoms with Crippen molar-refractivity contribution >= 4 is 39.0 Å². The van der Waals surface area contributed by atoms with Crippen molar-refractivity contribution in [3.63, 3.8) is 0 Å². The minimum Gasteiger partial charge on any atom is -0.450 e. The van der Waals surface area contributed by atoms with Gasteiger partial charge in [-0.25, -0.2) is 9.78 Å². The van der Waals surface area contributed by atoms with E-state index in [1.54, 1.807) is 38.1 Å². The number of ketones is 1. The molecule has 1 aromatic heterocycles. The van der Waals surface area contributed by atoms with Crippen molar-refractivity contribution < 1.29 is 14.3 Å². The van der Waals surface area contributed by atoms with Crippen molar-refractivity contribution in [1.82, 2.24) is 4.98 Å². The molecule has 4 nitrogen and oxygen atoms in total. The third-order valence-corrected chi connectivity index (χ3v) is 4.45. The summed E-state index contributed by atoms with van der Waals surface area (Å²) in [5.74, 6) is -0.731. The number of thiazole rings is 1. The first kappa shape index (κ1) is 15.9. The van der Waals surface area contributed by atoms with Crippen LogP contribution >= 0.6 is 27.3 Å². The standard InChI is InChI=1S/C15H14BrNO3S/c1-8-14(21-10(3)17-8)15(19)20-9(2)13(18)11-4-6-12(16)7-5-11/h4-7,9H,1-3H3/t9-/m0/s1. The van der Waals surface area contributed by atoms with Gasteiger partial charge in [0.05, 0.1) is 10.7 Å². The van der Waals surface area contributed by atoms with Crippen LogP contribution in [0.15, 0.2) is 28.7 Å². The minimum atomic E-state index is -0.833. The summed E-state index contributed by atoms with van der Waals surface area (Å²) in [4.78, 5) is 28.9. The Morgan fingerprint density at radius 3 is 2.38 bits per heavy atom. The number of hydrogen-bond donors (Lipinski definition) is 0. The molecular formula is C15H14BrNO3S. The van der Waals surface area contributed by atoms with E-state index in [-0.39, 0.29) is 5.78 Å². The van der Waals surface area contributed by atoms with Crippen LogP contribution in [0.4, 0.5) is 0 Å². The molecule has 1 atom stereocenters. The summed E-state index contributed by atoms with van der Waals surface area (Å²) < 4.78 is 6.14. The van der Waals surface area contributed by atoms with Crippen LogP contribution in [0.1, 0.15) is 37.7 Å². The molecule has 6 heteroatoms.